The number of ketones is 1. The predicted molar refractivity (Wildman–Crippen MR) is 151 cm³/mol. The first-order valence-corrected chi connectivity index (χ1v) is 14.3. The SMILES string of the molecule is CCOC(=O)C(C(=O)C1Cc2ccccc2C(=O)O1)=P(c1ccccc1)(c1ccccc1)c1ccccc1. The van der Waals surface area contributed by atoms with Crippen molar-refractivity contribution >= 4 is 45.8 Å². The number of rotatable bonds is 7. The van der Waals surface area contributed by atoms with Crippen LogP contribution in [-0.4, -0.2) is 35.7 Å². The minimum absolute atomic E-state index is 0.0140. The lowest BCUT2D eigenvalue weighted by Gasteiger charge is -2.33. The standard InChI is InChI=1S/C32H27O5P/c1-2-36-32(35)30(29(33)28-22-23-14-12-13-21-27(23)31(34)37-28)38(24-15-6-3-7-16-24,25-17-8-4-9-18-25)26-19-10-5-11-20-26/h3-21,28H,2,22H2,1H3. The monoisotopic (exact) mass is 522 g/mol. The second-order valence-corrected chi connectivity index (χ2v) is 12.2. The summed E-state index contributed by atoms with van der Waals surface area (Å²) < 4.78 is 11.3. The van der Waals surface area contributed by atoms with Gasteiger partial charge in [0.05, 0.1) is 12.2 Å². The molecule has 0 aromatic heterocycles. The summed E-state index contributed by atoms with van der Waals surface area (Å²) in [5.74, 6) is -1.80. The molecule has 4 aromatic rings. The first-order chi connectivity index (χ1) is 18.6. The van der Waals surface area contributed by atoms with Crippen LogP contribution in [0.25, 0.3) is 0 Å². The van der Waals surface area contributed by atoms with E-state index in [4.69, 9.17) is 9.47 Å². The number of hydrogen-bond acceptors (Lipinski definition) is 5. The number of fused-ring (bicyclic) bond motifs is 1. The van der Waals surface area contributed by atoms with E-state index < -0.39 is 30.7 Å². The van der Waals surface area contributed by atoms with Gasteiger partial charge in [0.25, 0.3) is 0 Å². The second kappa shape index (κ2) is 11.0. The number of benzene rings is 4. The molecular weight excluding hydrogens is 495 g/mol. The lowest BCUT2D eigenvalue weighted by Crippen LogP contribution is -2.45. The zero-order chi connectivity index (χ0) is 26.5. The molecule has 1 heterocycles. The molecule has 1 atom stereocenters. The highest BCUT2D eigenvalue weighted by Crippen LogP contribution is 2.47. The second-order valence-electron chi connectivity index (χ2n) is 8.87. The fourth-order valence-corrected chi connectivity index (χ4v) is 9.36. The zero-order valence-corrected chi connectivity index (χ0v) is 21.8. The summed E-state index contributed by atoms with van der Waals surface area (Å²) in [6.45, 7) is -1.26. The van der Waals surface area contributed by atoms with Crippen molar-refractivity contribution in [2.45, 2.75) is 19.4 Å². The molecule has 190 valence electrons. The molecule has 5 nitrogen and oxygen atoms in total. The Morgan fingerprint density at radius 3 is 1.74 bits per heavy atom. The van der Waals surface area contributed by atoms with Crippen LogP contribution in [0.5, 0.6) is 0 Å². The minimum Gasteiger partial charge on any atom is -0.462 e. The van der Waals surface area contributed by atoms with E-state index in [1.807, 2.05) is 103 Å². The summed E-state index contributed by atoms with van der Waals surface area (Å²) in [6, 6.07) is 35.9. The lowest BCUT2D eigenvalue weighted by atomic mass is 9.96. The van der Waals surface area contributed by atoms with Crippen LogP contribution in [0.2, 0.25) is 0 Å². The molecule has 6 heteroatoms. The van der Waals surface area contributed by atoms with Gasteiger partial charge >= 0.3 is 11.9 Å². The van der Waals surface area contributed by atoms with Crippen LogP contribution in [0.4, 0.5) is 0 Å². The quantitative estimate of drug-likeness (QED) is 0.208. The van der Waals surface area contributed by atoms with Gasteiger partial charge in [-0.3, -0.25) is 4.79 Å². The van der Waals surface area contributed by atoms with Crippen molar-refractivity contribution in [3.05, 3.63) is 126 Å². The average Bonchev–Trinajstić information content (AvgIpc) is 2.97. The molecule has 1 unspecified atom stereocenters. The maximum Gasteiger partial charge on any atom is 0.342 e. The molecule has 0 amide bonds. The summed E-state index contributed by atoms with van der Waals surface area (Å²) in [6.07, 6.45) is -0.963. The van der Waals surface area contributed by atoms with Crippen LogP contribution in [-0.2, 0) is 25.5 Å². The van der Waals surface area contributed by atoms with Crippen LogP contribution in [0.1, 0.15) is 22.8 Å². The Morgan fingerprint density at radius 1 is 0.763 bits per heavy atom. The van der Waals surface area contributed by atoms with E-state index in [1.54, 1.807) is 19.1 Å². The van der Waals surface area contributed by atoms with Gasteiger partial charge in [0.15, 0.2) is 6.10 Å². The Bertz CT molecular complexity index is 1420. The molecule has 0 saturated heterocycles. The van der Waals surface area contributed by atoms with Gasteiger partial charge in [-0.1, -0.05) is 109 Å². The van der Waals surface area contributed by atoms with Crippen LogP contribution in [0.15, 0.2) is 115 Å². The topological polar surface area (TPSA) is 69.7 Å². The van der Waals surface area contributed by atoms with E-state index in [1.165, 1.54) is 0 Å². The minimum atomic E-state index is -3.07. The van der Waals surface area contributed by atoms with Gasteiger partial charge in [-0.25, -0.2) is 9.59 Å². The van der Waals surface area contributed by atoms with Crippen molar-refractivity contribution in [3.63, 3.8) is 0 Å². The Kier molecular flexibility index (Phi) is 7.39. The summed E-state index contributed by atoms with van der Waals surface area (Å²) in [7, 11) is 0. The van der Waals surface area contributed by atoms with E-state index in [9.17, 15) is 14.4 Å². The van der Waals surface area contributed by atoms with Crippen LogP contribution < -0.4 is 15.9 Å². The number of hydrogen-bond donors (Lipinski definition) is 0. The number of Topliss-reactive ketones (excluding diaryl/α,β-unsaturated/α-hetero) is 1. The summed E-state index contributed by atoms with van der Waals surface area (Å²) >= 11 is 0. The molecule has 1 aliphatic heterocycles. The molecule has 0 aliphatic carbocycles. The maximum atomic E-state index is 14.5. The third-order valence-corrected chi connectivity index (χ3v) is 10.9. The number of carbonyl (C=O) groups excluding carboxylic acids is 3. The van der Waals surface area contributed by atoms with Crippen LogP contribution >= 0.6 is 6.89 Å². The average molecular weight is 523 g/mol. The van der Waals surface area contributed by atoms with Crippen molar-refractivity contribution in [1.82, 2.24) is 0 Å². The Hall–Kier alpha value is -4.21. The van der Waals surface area contributed by atoms with Crippen molar-refractivity contribution in [2.24, 2.45) is 0 Å². The molecule has 0 fully saturated rings. The molecule has 0 bridgehead atoms. The highest BCUT2D eigenvalue weighted by atomic mass is 31.2. The predicted octanol–water partition coefficient (Wildman–Crippen LogP) is 4.07. The van der Waals surface area contributed by atoms with Crippen LogP contribution in [0.3, 0.4) is 0 Å². The van der Waals surface area contributed by atoms with Crippen molar-refractivity contribution in [2.75, 3.05) is 6.61 Å². The first-order valence-electron chi connectivity index (χ1n) is 12.5. The highest BCUT2D eigenvalue weighted by Gasteiger charge is 2.42. The van der Waals surface area contributed by atoms with Gasteiger partial charge in [0, 0.05) is 6.42 Å². The van der Waals surface area contributed by atoms with Gasteiger partial charge in [-0.05, 0) is 41.4 Å². The van der Waals surface area contributed by atoms with Gasteiger partial charge in [0.1, 0.15) is 5.29 Å². The third kappa shape index (κ3) is 4.51. The molecule has 5 rings (SSSR count). The fourth-order valence-electron chi connectivity index (χ4n) is 5.02. The number of esters is 2. The molecule has 0 spiro atoms. The van der Waals surface area contributed by atoms with Crippen molar-refractivity contribution in [1.29, 1.82) is 0 Å². The largest absolute Gasteiger partial charge is 0.462 e. The maximum absolute atomic E-state index is 14.5. The molecule has 4 aromatic carbocycles. The summed E-state index contributed by atoms with van der Waals surface area (Å²) in [5.41, 5.74) is 1.15. The molecule has 0 N–H and O–H groups in total. The van der Waals surface area contributed by atoms with Crippen molar-refractivity contribution < 1.29 is 23.9 Å². The van der Waals surface area contributed by atoms with Gasteiger partial charge in [0.2, 0.25) is 5.78 Å². The number of carbonyl (C=O) groups is 3. The Labute approximate surface area is 222 Å². The van der Waals surface area contributed by atoms with E-state index in [0.29, 0.717) is 11.1 Å². The van der Waals surface area contributed by atoms with E-state index in [-0.39, 0.29) is 18.3 Å². The number of cyclic esters (lactones) is 1. The normalized spacial score (nSPS) is 14.7. The molecular formula is C32H27O5P. The lowest BCUT2D eigenvalue weighted by molar-refractivity contribution is -0.136. The highest BCUT2D eigenvalue weighted by molar-refractivity contribution is 7.97. The Morgan fingerprint density at radius 2 is 1.24 bits per heavy atom. The third-order valence-electron chi connectivity index (χ3n) is 6.65. The van der Waals surface area contributed by atoms with Crippen molar-refractivity contribution in [3.8, 4) is 0 Å². The van der Waals surface area contributed by atoms with Gasteiger partial charge in [-0.15, -0.1) is 0 Å². The van der Waals surface area contributed by atoms with Gasteiger partial charge in [-0.2, -0.15) is 0 Å². The van der Waals surface area contributed by atoms with Crippen LogP contribution in [0, 0.1) is 0 Å². The van der Waals surface area contributed by atoms with E-state index >= 15 is 0 Å². The summed E-state index contributed by atoms with van der Waals surface area (Å²) in [5, 5.41) is 2.50. The molecule has 38 heavy (non-hydrogen) atoms. The molecule has 0 saturated carbocycles. The van der Waals surface area contributed by atoms with E-state index in [2.05, 4.69) is 0 Å². The molecule has 1 aliphatic rings. The Balaban J connectivity index is 1.88. The van der Waals surface area contributed by atoms with E-state index in [0.717, 1.165) is 15.9 Å². The molecule has 0 radical (unpaired) electrons. The zero-order valence-electron chi connectivity index (χ0n) is 20.9. The number of ether oxygens (including phenoxy) is 2. The fraction of sp³-hybridized carbons (Fsp3) is 0.125. The first kappa shape index (κ1) is 25.4. The van der Waals surface area contributed by atoms with Gasteiger partial charge < -0.3 is 9.47 Å². The summed E-state index contributed by atoms with van der Waals surface area (Å²) in [4.78, 5) is 41.4. The smallest absolute Gasteiger partial charge is 0.342 e.